The van der Waals surface area contributed by atoms with E-state index in [-0.39, 0.29) is 0 Å². The van der Waals surface area contributed by atoms with Crippen molar-refractivity contribution in [3.63, 3.8) is 0 Å². The molecule has 0 atom stereocenters. The van der Waals surface area contributed by atoms with Crippen molar-refractivity contribution in [2.75, 3.05) is 20.8 Å². The van der Waals surface area contributed by atoms with Crippen molar-refractivity contribution in [2.45, 2.75) is 13.5 Å². The molecule has 1 heterocycles. The molecule has 0 aliphatic carbocycles. The Hall–Kier alpha value is -4.71. The van der Waals surface area contributed by atoms with E-state index in [0.717, 1.165) is 39.1 Å². The highest BCUT2D eigenvalue weighted by atomic mass is 16.5. The highest BCUT2D eigenvalue weighted by molar-refractivity contribution is 5.80. The van der Waals surface area contributed by atoms with Crippen LogP contribution in [0.1, 0.15) is 12.5 Å². The Morgan fingerprint density at radius 1 is 0.711 bits per heavy atom. The number of fused-ring (bicyclic) bond motifs is 1. The Morgan fingerprint density at radius 3 is 2.21 bits per heavy atom. The second-order valence-corrected chi connectivity index (χ2v) is 8.54. The van der Waals surface area contributed by atoms with Gasteiger partial charge in [0.25, 0.3) is 0 Å². The van der Waals surface area contributed by atoms with Crippen LogP contribution in [-0.4, -0.2) is 20.8 Å². The van der Waals surface area contributed by atoms with Gasteiger partial charge in [-0.15, -0.1) is 0 Å². The van der Waals surface area contributed by atoms with Crippen LogP contribution in [0.15, 0.2) is 106 Å². The number of nitrogens with zero attached hydrogens (tertiary/aromatic N) is 1. The van der Waals surface area contributed by atoms with Gasteiger partial charge in [0.15, 0.2) is 11.5 Å². The van der Waals surface area contributed by atoms with Gasteiger partial charge in [-0.3, -0.25) is 0 Å². The Labute approximate surface area is 221 Å². The predicted octanol–water partition coefficient (Wildman–Crippen LogP) is 7.33. The summed E-state index contributed by atoms with van der Waals surface area (Å²) in [5.74, 6) is 3.47. The molecule has 0 aliphatic rings. The van der Waals surface area contributed by atoms with Gasteiger partial charge in [-0.1, -0.05) is 30.3 Å². The van der Waals surface area contributed by atoms with E-state index < -0.39 is 0 Å². The highest BCUT2D eigenvalue weighted by Crippen LogP contribution is 2.33. The zero-order chi connectivity index (χ0) is 26.3. The lowest BCUT2D eigenvalue weighted by Gasteiger charge is -2.11. The molecule has 5 aromatic rings. The molecule has 0 unspecified atom stereocenters. The molecular weight excluding hydrogens is 478 g/mol. The topological polar surface area (TPSA) is 62.4 Å². The van der Waals surface area contributed by atoms with Crippen molar-refractivity contribution in [2.24, 2.45) is 4.99 Å². The van der Waals surface area contributed by atoms with E-state index in [1.54, 1.807) is 14.2 Å². The maximum Gasteiger partial charge on any atom is 0.161 e. The summed E-state index contributed by atoms with van der Waals surface area (Å²) in [6, 6.07) is 31.2. The minimum Gasteiger partial charge on any atom is -0.494 e. The first-order valence-electron chi connectivity index (χ1n) is 12.4. The molecule has 0 radical (unpaired) electrons. The first-order valence-corrected chi connectivity index (χ1v) is 12.4. The van der Waals surface area contributed by atoms with E-state index >= 15 is 0 Å². The van der Waals surface area contributed by atoms with E-state index in [4.69, 9.17) is 28.4 Å². The number of hydrogen-bond acceptors (Lipinski definition) is 6. The Bertz CT molecular complexity index is 1590. The number of ether oxygens (including phenoxy) is 4. The van der Waals surface area contributed by atoms with Crippen molar-refractivity contribution in [1.29, 1.82) is 0 Å². The second kappa shape index (κ2) is 11.6. The molecule has 192 valence electrons. The molecule has 6 heteroatoms. The third-order valence-corrected chi connectivity index (χ3v) is 6.03. The molecule has 4 aromatic carbocycles. The van der Waals surface area contributed by atoms with E-state index in [9.17, 15) is 0 Å². The van der Waals surface area contributed by atoms with Gasteiger partial charge in [0.1, 0.15) is 29.4 Å². The lowest BCUT2D eigenvalue weighted by Crippen LogP contribution is -2.04. The van der Waals surface area contributed by atoms with Crippen LogP contribution in [0, 0.1) is 0 Å². The Kier molecular flexibility index (Phi) is 7.59. The maximum atomic E-state index is 6.29. The van der Waals surface area contributed by atoms with Crippen molar-refractivity contribution >= 4 is 16.7 Å². The summed E-state index contributed by atoms with van der Waals surface area (Å²) >= 11 is 0. The lowest BCUT2D eigenvalue weighted by atomic mass is 10.1. The zero-order valence-corrected chi connectivity index (χ0v) is 21.6. The lowest BCUT2D eigenvalue weighted by molar-refractivity contribution is 0.306. The minimum absolute atomic E-state index is 0.511. The molecule has 5 rings (SSSR count). The average Bonchev–Trinajstić information content (AvgIpc) is 2.97. The fourth-order valence-corrected chi connectivity index (χ4v) is 4.13. The third kappa shape index (κ3) is 5.65. The summed E-state index contributed by atoms with van der Waals surface area (Å²) < 4.78 is 28.8. The van der Waals surface area contributed by atoms with E-state index in [1.165, 1.54) is 0 Å². The number of methoxy groups -OCH3 is 2. The summed E-state index contributed by atoms with van der Waals surface area (Å²) in [4.78, 5) is 4.97. The molecule has 0 saturated carbocycles. The van der Waals surface area contributed by atoms with E-state index in [2.05, 4.69) is 0 Å². The molecule has 0 spiro atoms. The monoisotopic (exact) mass is 507 g/mol. The molecule has 0 amide bonds. The van der Waals surface area contributed by atoms with Gasteiger partial charge in [0.05, 0.1) is 31.9 Å². The molecule has 0 N–H and O–H groups in total. The second-order valence-electron chi connectivity index (χ2n) is 8.54. The predicted molar refractivity (Wildman–Crippen MR) is 148 cm³/mol. The normalized spacial score (nSPS) is 11.4. The highest BCUT2D eigenvalue weighted by Gasteiger charge is 2.11. The summed E-state index contributed by atoms with van der Waals surface area (Å²) in [5.41, 5.74) is 3.46. The van der Waals surface area contributed by atoms with Crippen molar-refractivity contribution in [1.82, 2.24) is 0 Å². The molecule has 1 aromatic heterocycles. The van der Waals surface area contributed by atoms with Crippen LogP contribution < -0.4 is 24.3 Å². The largest absolute Gasteiger partial charge is 0.494 e. The SMILES string of the molecule is CCOc1ccc2oc(-c3ccc(OC)c(OC)c3)cc(=Nc3ccc(OCc4ccccc4)cc3)c2c1. The minimum atomic E-state index is 0.511. The van der Waals surface area contributed by atoms with E-state index in [0.29, 0.717) is 36.1 Å². The number of rotatable bonds is 9. The van der Waals surface area contributed by atoms with Crippen LogP contribution in [0.25, 0.3) is 22.3 Å². The molecular formula is C32H29NO5. The van der Waals surface area contributed by atoms with Crippen LogP contribution in [0.5, 0.6) is 23.0 Å². The third-order valence-electron chi connectivity index (χ3n) is 6.03. The standard InChI is InChI=1S/C32H29NO5/c1-4-36-26-15-17-29-27(19-26)28(20-31(38-29)23-10-16-30(34-2)32(18-23)35-3)33-24-11-13-25(14-12-24)37-21-22-8-6-5-7-9-22/h5-20H,4,21H2,1-3H3. The van der Waals surface area contributed by atoms with Gasteiger partial charge in [0, 0.05) is 17.0 Å². The number of hydrogen-bond donors (Lipinski definition) is 0. The van der Waals surface area contributed by atoms with E-state index in [1.807, 2.05) is 104 Å². The zero-order valence-electron chi connectivity index (χ0n) is 21.6. The van der Waals surface area contributed by atoms with Gasteiger partial charge in [-0.2, -0.15) is 0 Å². The van der Waals surface area contributed by atoms with Crippen LogP contribution in [0.3, 0.4) is 0 Å². The van der Waals surface area contributed by atoms with Crippen LogP contribution >= 0.6 is 0 Å². The van der Waals surface area contributed by atoms with Gasteiger partial charge in [-0.05, 0) is 73.2 Å². The Morgan fingerprint density at radius 2 is 1.47 bits per heavy atom. The molecule has 0 fully saturated rings. The fourth-order valence-electron chi connectivity index (χ4n) is 4.13. The fraction of sp³-hybridized carbons (Fsp3) is 0.156. The van der Waals surface area contributed by atoms with Crippen molar-refractivity contribution in [3.05, 3.63) is 108 Å². The molecule has 6 nitrogen and oxygen atoms in total. The molecule has 38 heavy (non-hydrogen) atoms. The van der Waals surface area contributed by atoms with Gasteiger partial charge < -0.3 is 23.4 Å². The average molecular weight is 508 g/mol. The smallest absolute Gasteiger partial charge is 0.161 e. The van der Waals surface area contributed by atoms with Crippen LogP contribution in [-0.2, 0) is 6.61 Å². The molecule has 0 saturated heterocycles. The van der Waals surface area contributed by atoms with Crippen molar-refractivity contribution < 1.29 is 23.4 Å². The molecule has 0 aliphatic heterocycles. The van der Waals surface area contributed by atoms with Crippen LogP contribution in [0.4, 0.5) is 5.69 Å². The maximum absolute atomic E-state index is 6.29. The summed E-state index contributed by atoms with van der Waals surface area (Å²) in [5, 5.41) is 1.61. The first-order chi connectivity index (χ1) is 18.7. The van der Waals surface area contributed by atoms with Gasteiger partial charge in [-0.25, -0.2) is 4.99 Å². The van der Waals surface area contributed by atoms with Crippen LogP contribution in [0.2, 0.25) is 0 Å². The summed E-state index contributed by atoms with van der Waals surface area (Å²) in [6.07, 6.45) is 0. The summed E-state index contributed by atoms with van der Waals surface area (Å²) in [7, 11) is 3.23. The van der Waals surface area contributed by atoms with Gasteiger partial charge in [0.2, 0.25) is 0 Å². The van der Waals surface area contributed by atoms with Crippen molar-refractivity contribution in [3.8, 4) is 34.3 Å². The number of benzene rings is 4. The molecule has 0 bridgehead atoms. The Balaban J connectivity index is 1.54. The first kappa shape index (κ1) is 25.0. The quantitative estimate of drug-likeness (QED) is 0.209. The summed E-state index contributed by atoms with van der Waals surface area (Å²) in [6.45, 7) is 3.04. The van der Waals surface area contributed by atoms with Gasteiger partial charge >= 0.3 is 0 Å².